The minimum atomic E-state index is 0.0349. The lowest BCUT2D eigenvalue weighted by molar-refractivity contribution is -0.143. The van der Waals surface area contributed by atoms with Crippen molar-refractivity contribution in [2.24, 2.45) is 11.7 Å². The van der Waals surface area contributed by atoms with Gasteiger partial charge in [0.2, 0.25) is 0 Å². The van der Waals surface area contributed by atoms with E-state index in [0.717, 1.165) is 38.7 Å². The average Bonchev–Trinajstić information content (AvgIpc) is 2.39. The first kappa shape index (κ1) is 14.0. The summed E-state index contributed by atoms with van der Waals surface area (Å²) >= 11 is 0. The molecule has 1 aliphatic heterocycles. The number of nitrogens with two attached hydrogens (primary N) is 1. The summed E-state index contributed by atoms with van der Waals surface area (Å²) in [5, 5.41) is 0. The molecule has 3 heteroatoms. The number of hydrogen-bond donors (Lipinski definition) is 1. The van der Waals surface area contributed by atoms with Crippen molar-refractivity contribution in [3.63, 3.8) is 0 Å². The number of ether oxygens (including phenoxy) is 1. The van der Waals surface area contributed by atoms with Crippen LogP contribution in [-0.2, 0) is 9.53 Å². The minimum Gasteiger partial charge on any atom is -0.375 e. The summed E-state index contributed by atoms with van der Waals surface area (Å²) in [5.74, 6) is 0.576. The summed E-state index contributed by atoms with van der Waals surface area (Å²) in [5.41, 5.74) is 5.93. The number of ketones is 1. The maximum atomic E-state index is 12.3. The van der Waals surface area contributed by atoms with E-state index in [1.165, 1.54) is 19.3 Å². The zero-order chi connectivity index (χ0) is 13.0. The van der Waals surface area contributed by atoms with Crippen molar-refractivity contribution in [1.29, 1.82) is 0 Å². The van der Waals surface area contributed by atoms with Crippen LogP contribution in [0.15, 0.2) is 0 Å². The predicted octanol–water partition coefficient (Wildman–Crippen LogP) is 2.81. The van der Waals surface area contributed by atoms with E-state index in [1.54, 1.807) is 0 Å². The van der Waals surface area contributed by atoms with Crippen molar-refractivity contribution in [1.82, 2.24) is 0 Å². The molecule has 1 spiro atoms. The third-order valence-electron chi connectivity index (χ3n) is 4.70. The fraction of sp³-hybridized carbons (Fsp3) is 0.933. The van der Waals surface area contributed by atoms with E-state index in [2.05, 4.69) is 0 Å². The number of Topliss-reactive ketones (excluding diaryl/α,β-unsaturated/α-hetero) is 1. The lowest BCUT2D eigenvalue weighted by Crippen LogP contribution is -2.44. The molecule has 0 bridgehead atoms. The molecule has 0 aromatic rings. The van der Waals surface area contributed by atoms with Crippen molar-refractivity contribution in [2.45, 2.75) is 76.4 Å². The molecule has 1 saturated heterocycles. The van der Waals surface area contributed by atoms with Crippen LogP contribution in [0.5, 0.6) is 0 Å². The molecule has 1 saturated carbocycles. The Kier molecular flexibility index (Phi) is 4.79. The van der Waals surface area contributed by atoms with Gasteiger partial charge in [-0.05, 0) is 32.1 Å². The Morgan fingerprint density at radius 3 is 2.78 bits per heavy atom. The molecule has 2 unspecified atom stereocenters. The Balaban J connectivity index is 1.91. The molecule has 0 aromatic carbocycles. The van der Waals surface area contributed by atoms with Gasteiger partial charge >= 0.3 is 0 Å². The second-order valence-corrected chi connectivity index (χ2v) is 6.12. The second kappa shape index (κ2) is 6.16. The van der Waals surface area contributed by atoms with Gasteiger partial charge in [-0.25, -0.2) is 0 Å². The fourth-order valence-electron chi connectivity index (χ4n) is 3.42. The summed E-state index contributed by atoms with van der Waals surface area (Å²) in [6.45, 7) is 2.81. The first-order valence-electron chi connectivity index (χ1n) is 7.57. The van der Waals surface area contributed by atoms with Gasteiger partial charge in [0.05, 0.1) is 5.60 Å². The summed E-state index contributed by atoms with van der Waals surface area (Å²) in [7, 11) is 0. The maximum absolute atomic E-state index is 12.3. The van der Waals surface area contributed by atoms with Gasteiger partial charge in [-0.3, -0.25) is 4.79 Å². The highest BCUT2D eigenvalue weighted by Crippen LogP contribution is 2.41. The molecule has 104 valence electrons. The first-order chi connectivity index (χ1) is 8.65. The van der Waals surface area contributed by atoms with Crippen LogP contribution >= 0.6 is 0 Å². The van der Waals surface area contributed by atoms with Crippen LogP contribution in [0.3, 0.4) is 0 Å². The van der Waals surface area contributed by atoms with Gasteiger partial charge in [-0.15, -0.1) is 0 Å². The average molecular weight is 253 g/mol. The van der Waals surface area contributed by atoms with Crippen LogP contribution in [-0.4, -0.2) is 24.0 Å². The normalized spacial score (nSPS) is 29.1. The third-order valence-corrected chi connectivity index (χ3v) is 4.70. The molecule has 2 N–H and O–H groups in total. The van der Waals surface area contributed by atoms with Gasteiger partial charge in [0.25, 0.3) is 0 Å². The summed E-state index contributed by atoms with van der Waals surface area (Å²) in [4.78, 5) is 12.3. The van der Waals surface area contributed by atoms with E-state index < -0.39 is 0 Å². The molecule has 2 rings (SSSR count). The molecular formula is C15H27NO2. The van der Waals surface area contributed by atoms with Crippen molar-refractivity contribution < 1.29 is 9.53 Å². The molecule has 18 heavy (non-hydrogen) atoms. The SMILES string of the molecule is CCC(N)CC(=O)C1CCOC2(CCCCC2)C1. The maximum Gasteiger partial charge on any atom is 0.137 e. The zero-order valence-corrected chi connectivity index (χ0v) is 11.6. The first-order valence-corrected chi connectivity index (χ1v) is 7.57. The Morgan fingerprint density at radius 1 is 1.39 bits per heavy atom. The molecular weight excluding hydrogens is 226 g/mol. The molecule has 0 amide bonds. The Hall–Kier alpha value is -0.410. The molecule has 2 atom stereocenters. The van der Waals surface area contributed by atoms with Gasteiger partial charge in [0.1, 0.15) is 5.78 Å². The van der Waals surface area contributed by atoms with E-state index in [4.69, 9.17) is 10.5 Å². The van der Waals surface area contributed by atoms with Gasteiger partial charge in [0.15, 0.2) is 0 Å². The molecule has 2 aliphatic rings. The Labute approximate surface area is 110 Å². The number of carbonyl (C=O) groups excluding carboxylic acids is 1. The van der Waals surface area contributed by atoms with Crippen LogP contribution in [0.2, 0.25) is 0 Å². The Morgan fingerprint density at radius 2 is 2.11 bits per heavy atom. The molecule has 1 aliphatic carbocycles. The predicted molar refractivity (Wildman–Crippen MR) is 72.4 cm³/mol. The minimum absolute atomic E-state index is 0.0349. The summed E-state index contributed by atoms with van der Waals surface area (Å²) < 4.78 is 6.03. The van der Waals surface area contributed by atoms with Crippen molar-refractivity contribution in [3.8, 4) is 0 Å². The van der Waals surface area contributed by atoms with Gasteiger partial charge in [-0.1, -0.05) is 26.2 Å². The van der Waals surface area contributed by atoms with E-state index in [-0.39, 0.29) is 17.6 Å². The highest BCUT2D eigenvalue weighted by molar-refractivity contribution is 5.81. The van der Waals surface area contributed by atoms with Crippen molar-refractivity contribution in [2.75, 3.05) is 6.61 Å². The number of rotatable bonds is 4. The van der Waals surface area contributed by atoms with Gasteiger partial charge in [0, 0.05) is 25.0 Å². The molecule has 2 fully saturated rings. The van der Waals surface area contributed by atoms with Crippen molar-refractivity contribution in [3.05, 3.63) is 0 Å². The van der Waals surface area contributed by atoms with Gasteiger partial charge in [-0.2, -0.15) is 0 Å². The van der Waals surface area contributed by atoms with Crippen LogP contribution in [0.25, 0.3) is 0 Å². The zero-order valence-electron chi connectivity index (χ0n) is 11.6. The fourth-order valence-corrected chi connectivity index (χ4v) is 3.42. The van der Waals surface area contributed by atoms with Crippen LogP contribution < -0.4 is 5.73 Å². The molecule has 1 heterocycles. The van der Waals surface area contributed by atoms with E-state index >= 15 is 0 Å². The van der Waals surface area contributed by atoms with Gasteiger partial charge < -0.3 is 10.5 Å². The third kappa shape index (κ3) is 3.33. The number of carbonyl (C=O) groups is 1. The standard InChI is InChI=1S/C15H27NO2/c1-2-13(16)10-14(17)12-6-9-18-15(11-12)7-4-3-5-8-15/h12-13H,2-11,16H2,1H3. The second-order valence-electron chi connectivity index (χ2n) is 6.12. The van der Waals surface area contributed by atoms with E-state index in [0.29, 0.717) is 12.2 Å². The van der Waals surface area contributed by atoms with Crippen molar-refractivity contribution >= 4 is 5.78 Å². The molecule has 3 nitrogen and oxygen atoms in total. The Bertz CT molecular complexity index is 279. The summed E-state index contributed by atoms with van der Waals surface area (Å²) in [6, 6.07) is 0.0441. The van der Waals surface area contributed by atoms with Crippen LogP contribution in [0.4, 0.5) is 0 Å². The highest BCUT2D eigenvalue weighted by Gasteiger charge is 2.40. The number of hydrogen-bond acceptors (Lipinski definition) is 3. The molecule has 0 aromatic heterocycles. The van der Waals surface area contributed by atoms with E-state index in [1.807, 2.05) is 6.92 Å². The van der Waals surface area contributed by atoms with Crippen LogP contribution in [0.1, 0.15) is 64.7 Å². The van der Waals surface area contributed by atoms with E-state index in [9.17, 15) is 4.79 Å². The topological polar surface area (TPSA) is 52.3 Å². The largest absolute Gasteiger partial charge is 0.375 e. The lowest BCUT2D eigenvalue weighted by atomic mass is 9.74. The van der Waals surface area contributed by atoms with Crippen LogP contribution in [0, 0.1) is 5.92 Å². The smallest absolute Gasteiger partial charge is 0.137 e. The lowest BCUT2D eigenvalue weighted by Gasteiger charge is -2.43. The highest BCUT2D eigenvalue weighted by atomic mass is 16.5. The monoisotopic (exact) mass is 253 g/mol. The quantitative estimate of drug-likeness (QED) is 0.838. The summed E-state index contributed by atoms with van der Waals surface area (Å²) in [6.07, 6.45) is 9.43. The molecule has 0 radical (unpaired) electrons.